The summed E-state index contributed by atoms with van der Waals surface area (Å²) in [6, 6.07) is 12.3. The van der Waals surface area contributed by atoms with E-state index in [0.717, 1.165) is 5.56 Å². The number of carbonyl (C=O) groups excluding carboxylic acids is 1. The van der Waals surface area contributed by atoms with E-state index in [2.05, 4.69) is 5.32 Å². The van der Waals surface area contributed by atoms with Crippen molar-refractivity contribution < 1.29 is 23.4 Å². The van der Waals surface area contributed by atoms with Crippen LogP contribution in [0.15, 0.2) is 52.6 Å². The van der Waals surface area contributed by atoms with Crippen LogP contribution in [-0.4, -0.2) is 35.7 Å². The summed E-state index contributed by atoms with van der Waals surface area (Å²) < 4.78 is 22.8. The molecule has 0 spiro atoms. The molecule has 11 heteroatoms. The summed E-state index contributed by atoms with van der Waals surface area (Å²) in [6.07, 6.45) is 2.19. The Morgan fingerprint density at radius 3 is 2.39 bits per heavy atom. The first-order chi connectivity index (χ1) is 18.3. The number of thiocarbonyl (C=S) groups is 1. The van der Waals surface area contributed by atoms with E-state index in [9.17, 15) is 4.79 Å². The van der Waals surface area contributed by atoms with Crippen molar-refractivity contribution in [3.8, 4) is 17.2 Å². The molecule has 0 atom stereocenters. The third-order valence-electron chi connectivity index (χ3n) is 5.49. The lowest BCUT2D eigenvalue weighted by Gasteiger charge is -2.15. The molecule has 1 aliphatic rings. The fraction of sp³-hybridized carbons (Fsp3) is 0.259. The van der Waals surface area contributed by atoms with Crippen LogP contribution in [0, 0.1) is 0 Å². The lowest BCUT2D eigenvalue weighted by atomic mass is 10.1. The van der Waals surface area contributed by atoms with Gasteiger partial charge in [-0.1, -0.05) is 40.9 Å². The quantitative estimate of drug-likeness (QED) is 0.191. The third kappa shape index (κ3) is 6.74. The minimum Gasteiger partial charge on any atom is -0.490 e. The van der Waals surface area contributed by atoms with Gasteiger partial charge in [0.2, 0.25) is 0 Å². The van der Waals surface area contributed by atoms with Crippen LogP contribution in [0.1, 0.15) is 30.9 Å². The van der Waals surface area contributed by atoms with Gasteiger partial charge in [-0.3, -0.25) is 9.69 Å². The molecular weight excluding hydrogens is 571 g/mol. The van der Waals surface area contributed by atoms with E-state index < -0.39 is 0 Å². The Morgan fingerprint density at radius 1 is 0.974 bits per heavy atom. The van der Waals surface area contributed by atoms with Gasteiger partial charge in [0, 0.05) is 17.6 Å². The zero-order chi connectivity index (χ0) is 27.2. The van der Waals surface area contributed by atoms with Crippen LogP contribution in [0.25, 0.3) is 6.08 Å². The molecule has 1 N–H and O–H groups in total. The smallest absolute Gasteiger partial charge is 0.276 e. The number of amides is 1. The average molecular weight is 596 g/mol. The molecule has 0 bridgehead atoms. The maximum absolute atomic E-state index is 13.0. The maximum Gasteiger partial charge on any atom is 0.276 e. The lowest BCUT2D eigenvalue weighted by Crippen LogP contribution is -2.32. The van der Waals surface area contributed by atoms with E-state index >= 15 is 0 Å². The molecule has 1 saturated heterocycles. The minimum atomic E-state index is -0.236. The highest BCUT2D eigenvalue weighted by Gasteiger charge is 2.30. The Bertz CT molecular complexity index is 1350. The third-order valence-corrected chi connectivity index (χ3v) is 6.59. The van der Waals surface area contributed by atoms with Gasteiger partial charge in [0.25, 0.3) is 5.91 Å². The molecule has 0 aliphatic carbocycles. The minimum absolute atomic E-state index is 0.0853. The second-order valence-electron chi connectivity index (χ2n) is 8.13. The number of ether oxygens (including phenoxy) is 3. The van der Waals surface area contributed by atoms with Crippen LogP contribution < -0.4 is 19.5 Å². The number of nitrogens with zero attached hydrogens (tertiary/aromatic N) is 1. The van der Waals surface area contributed by atoms with E-state index in [4.69, 9.17) is 65.6 Å². The number of hydrogen-bond acceptors (Lipinski definition) is 6. The summed E-state index contributed by atoms with van der Waals surface area (Å²) in [5, 5.41) is 4.31. The molecule has 7 nitrogen and oxygen atoms in total. The standard InChI is InChI=1S/C27H25Cl3N2O5S/c1-3-34-23-8-5-16(11-24(23)35-4-2)9-10-32-26(33)22(31-27(32)38)14-18-6-7-19(37-18)15-36-25-20(29)12-17(28)13-21(25)30/h5-8,11-14H,3-4,9-10,15H2,1-2H3,(H,31,38)/b22-14+. The molecule has 2 heterocycles. The molecule has 1 aromatic heterocycles. The number of rotatable bonds is 11. The van der Waals surface area contributed by atoms with E-state index in [1.807, 2.05) is 32.0 Å². The van der Waals surface area contributed by atoms with E-state index in [1.54, 1.807) is 30.3 Å². The van der Waals surface area contributed by atoms with Gasteiger partial charge < -0.3 is 23.9 Å². The average Bonchev–Trinajstić information content (AvgIpc) is 3.42. The summed E-state index contributed by atoms with van der Waals surface area (Å²) in [5.41, 5.74) is 1.32. The van der Waals surface area contributed by atoms with Gasteiger partial charge in [-0.15, -0.1) is 0 Å². The van der Waals surface area contributed by atoms with E-state index in [1.165, 1.54) is 4.90 Å². The highest BCUT2D eigenvalue weighted by Crippen LogP contribution is 2.36. The fourth-order valence-electron chi connectivity index (χ4n) is 3.77. The van der Waals surface area contributed by atoms with E-state index in [0.29, 0.717) is 80.8 Å². The number of halogens is 3. The molecule has 0 saturated carbocycles. The summed E-state index contributed by atoms with van der Waals surface area (Å²) in [6.45, 7) is 5.41. The van der Waals surface area contributed by atoms with Gasteiger partial charge in [-0.2, -0.15) is 0 Å². The van der Waals surface area contributed by atoms with Crippen LogP contribution in [-0.2, 0) is 17.8 Å². The topological polar surface area (TPSA) is 73.2 Å². The molecule has 0 unspecified atom stereocenters. The first-order valence-corrected chi connectivity index (χ1v) is 13.4. The van der Waals surface area contributed by atoms with Crippen LogP contribution in [0.2, 0.25) is 15.1 Å². The number of benzene rings is 2. The van der Waals surface area contributed by atoms with Gasteiger partial charge in [0.05, 0.1) is 23.3 Å². The Hall–Kier alpha value is -2.91. The summed E-state index contributed by atoms with van der Waals surface area (Å²) in [7, 11) is 0. The van der Waals surface area contributed by atoms with Gasteiger partial charge in [-0.05, 0) is 74.4 Å². The fourth-order valence-corrected chi connectivity index (χ4v) is 4.98. The van der Waals surface area contributed by atoms with Crippen molar-refractivity contribution in [1.29, 1.82) is 0 Å². The van der Waals surface area contributed by atoms with Crippen molar-refractivity contribution in [2.45, 2.75) is 26.9 Å². The van der Waals surface area contributed by atoms with Crippen molar-refractivity contribution in [3.63, 3.8) is 0 Å². The Morgan fingerprint density at radius 2 is 1.68 bits per heavy atom. The van der Waals surface area contributed by atoms with Gasteiger partial charge in [0.15, 0.2) is 22.4 Å². The largest absolute Gasteiger partial charge is 0.490 e. The van der Waals surface area contributed by atoms with Gasteiger partial charge in [-0.25, -0.2) is 0 Å². The highest BCUT2D eigenvalue weighted by molar-refractivity contribution is 7.80. The van der Waals surface area contributed by atoms with Crippen LogP contribution in [0.4, 0.5) is 0 Å². The summed E-state index contributed by atoms with van der Waals surface area (Å²) in [4.78, 5) is 14.5. The van der Waals surface area contributed by atoms with Crippen LogP contribution in [0.3, 0.4) is 0 Å². The molecule has 200 valence electrons. The molecule has 3 aromatic rings. The Kier molecular flexibility index (Phi) is 9.44. The molecule has 1 aliphatic heterocycles. The van der Waals surface area contributed by atoms with Gasteiger partial charge >= 0.3 is 0 Å². The van der Waals surface area contributed by atoms with Crippen molar-refractivity contribution in [2.75, 3.05) is 19.8 Å². The maximum atomic E-state index is 13.0. The molecular formula is C27H25Cl3N2O5S. The Labute approximate surface area is 241 Å². The predicted molar refractivity (Wildman–Crippen MR) is 152 cm³/mol. The zero-order valence-electron chi connectivity index (χ0n) is 20.7. The number of carbonyl (C=O) groups is 1. The van der Waals surface area contributed by atoms with Crippen LogP contribution >= 0.6 is 47.0 Å². The van der Waals surface area contributed by atoms with Crippen molar-refractivity contribution >= 4 is 64.1 Å². The second-order valence-corrected chi connectivity index (χ2v) is 9.77. The van der Waals surface area contributed by atoms with Gasteiger partial charge in [0.1, 0.15) is 23.8 Å². The first kappa shape index (κ1) is 28.1. The first-order valence-electron chi connectivity index (χ1n) is 11.9. The lowest BCUT2D eigenvalue weighted by molar-refractivity contribution is -0.122. The SMILES string of the molecule is CCOc1ccc(CCN2C(=O)/C(=C\c3ccc(COc4c(Cl)cc(Cl)cc4Cl)o3)NC2=S)cc1OCC. The number of nitrogens with one attached hydrogen (secondary N) is 1. The predicted octanol–water partition coefficient (Wildman–Crippen LogP) is 6.92. The highest BCUT2D eigenvalue weighted by atomic mass is 35.5. The number of hydrogen-bond donors (Lipinski definition) is 1. The van der Waals surface area contributed by atoms with Crippen molar-refractivity contribution in [3.05, 3.63) is 80.3 Å². The van der Waals surface area contributed by atoms with E-state index in [-0.39, 0.29) is 12.5 Å². The molecule has 1 amide bonds. The van der Waals surface area contributed by atoms with Crippen molar-refractivity contribution in [1.82, 2.24) is 10.2 Å². The normalized spacial score (nSPS) is 14.2. The molecule has 1 fully saturated rings. The zero-order valence-corrected chi connectivity index (χ0v) is 23.8. The summed E-state index contributed by atoms with van der Waals surface area (Å²) in [5.74, 6) is 2.43. The number of furan rings is 1. The monoisotopic (exact) mass is 594 g/mol. The molecule has 38 heavy (non-hydrogen) atoms. The molecule has 4 rings (SSSR count). The Balaban J connectivity index is 1.38. The van der Waals surface area contributed by atoms with Crippen LogP contribution in [0.5, 0.6) is 17.2 Å². The molecule has 2 aromatic carbocycles. The summed E-state index contributed by atoms with van der Waals surface area (Å²) >= 11 is 23.7. The molecule has 0 radical (unpaired) electrons. The van der Waals surface area contributed by atoms with Crippen molar-refractivity contribution in [2.24, 2.45) is 0 Å². The second kappa shape index (κ2) is 12.8.